The van der Waals surface area contributed by atoms with Gasteiger partial charge in [-0.05, 0) is 36.0 Å². The van der Waals surface area contributed by atoms with Crippen LogP contribution in [0.5, 0.6) is 0 Å². The molecule has 0 radical (unpaired) electrons. The van der Waals surface area contributed by atoms with Crippen molar-refractivity contribution in [2.45, 2.75) is 46.6 Å². The van der Waals surface area contributed by atoms with Gasteiger partial charge in [-0.15, -0.1) is 0 Å². The summed E-state index contributed by atoms with van der Waals surface area (Å²) in [6.45, 7) is 10.3. The van der Waals surface area contributed by atoms with Crippen LogP contribution in [0.25, 0.3) is 5.82 Å². The average Bonchev–Trinajstić information content (AvgIpc) is 3.08. The number of nitrogens with one attached hydrogen (secondary N) is 2. The van der Waals surface area contributed by atoms with Crippen LogP contribution in [0.2, 0.25) is 0 Å². The van der Waals surface area contributed by atoms with Gasteiger partial charge in [0.1, 0.15) is 0 Å². The number of carbonyl (C=O) groups is 1. The lowest BCUT2D eigenvalue weighted by molar-refractivity contribution is 0.0925. The molecule has 7 heteroatoms. The van der Waals surface area contributed by atoms with E-state index in [2.05, 4.69) is 72.6 Å². The third-order valence-corrected chi connectivity index (χ3v) is 5.05. The van der Waals surface area contributed by atoms with Gasteiger partial charge in [-0.3, -0.25) is 9.59 Å². The van der Waals surface area contributed by atoms with Gasteiger partial charge in [-0.2, -0.15) is 10.2 Å². The minimum absolute atomic E-state index is 0.113. The highest BCUT2D eigenvalue weighted by Gasteiger charge is 2.22. The Morgan fingerprint density at radius 1 is 1.03 bits per heavy atom. The maximum atomic E-state index is 13.0. The van der Waals surface area contributed by atoms with Gasteiger partial charge in [0.2, 0.25) is 0 Å². The second kappa shape index (κ2) is 8.43. The lowest BCUT2D eigenvalue weighted by Crippen LogP contribution is -2.32. The van der Waals surface area contributed by atoms with Crippen molar-refractivity contribution in [3.63, 3.8) is 0 Å². The van der Waals surface area contributed by atoms with Gasteiger partial charge < -0.3 is 5.32 Å². The van der Waals surface area contributed by atoms with E-state index in [1.807, 2.05) is 0 Å². The van der Waals surface area contributed by atoms with Gasteiger partial charge >= 0.3 is 0 Å². The first kappa shape index (κ1) is 20.5. The van der Waals surface area contributed by atoms with Crippen LogP contribution in [0.4, 0.5) is 0 Å². The molecule has 1 atom stereocenters. The van der Waals surface area contributed by atoms with Crippen LogP contribution >= 0.6 is 0 Å². The first-order chi connectivity index (χ1) is 13.8. The van der Waals surface area contributed by atoms with Gasteiger partial charge in [-0.1, -0.05) is 52.0 Å². The Kier molecular flexibility index (Phi) is 5.96. The highest BCUT2D eigenvalue weighted by Crippen LogP contribution is 2.25. The number of aromatic nitrogens is 4. The van der Waals surface area contributed by atoms with Crippen molar-refractivity contribution < 1.29 is 4.79 Å². The molecule has 1 amide bonds. The summed E-state index contributed by atoms with van der Waals surface area (Å²) >= 11 is 0. The van der Waals surface area contributed by atoms with Crippen LogP contribution in [0.3, 0.4) is 0 Å². The highest BCUT2D eigenvalue weighted by atomic mass is 16.1. The topological polar surface area (TPSA) is 92.7 Å². The van der Waals surface area contributed by atoms with Gasteiger partial charge in [0.05, 0.1) is 23.5 Å². The maximum absolute atomic E-state index is 13.0. The molecule has 2 heterocycles. The first-order valence-electron chi connectivity index (χ1n) is 9.79. The Labute approximate surface area is 170 Å². The van der Waals surface area contributed by atoms with Crippen LogP contribution in [0.15, 0.2) is 47.4 Å². The normalized spacial score (nSPS) is 12.4. The molecule has 152 valence electrons. The van der Waals surface area contributed by atoms with Crippen molar-refractivity contribution in [3.05, 3.63) is 75.3 Å². The molecule has 3 rings (SSSR count). The molecule has 1 unspecified atom stereocenters. The lowest BCUT2D eigenvalue weighted by Gasteiger charge is -2.23. The van der Waals surface area contributed by atoms with Crippen LogP contribution in [0, 0.1) is 12.8 Å². The molecule has 2 N–H and O–H groups in total. The Morgan fingerprint density at radius 3 is 2.24 bits per heavy atom. The van der Waals surface area contributed by atoms with Crippen molar-refractivity contribution in [1.29, 1.82) is 0 Å². The molecule has 0 aliphatic rings. The largest absolute Gasteiger partial charge is 0.345 e. The number of H-pyrrole nitrogens is 1. The molecule has 0 aliphatic heterocycles. The number of nitrogens with zero attached hydrogens (tertiary/aromatic N) is 3. The monoisotopic (exact) mass is 393 g/mol. The Balaban J connectivity index is 1.84. The summed E-state index contributed by atoms with van der Waals surface area (Å²) in [6.07, 6.45) is 1.52. The third-order valence-electron chi connectivity index (χ3n) is 5.05. The lowest BCUT2D eigenvalue weighted by atomic mass is 9.93. The molecule has 0 fully saturated rings. The average molecular weight is 393 g/mol. The zero-order valence-corrected chi connectivity index (χ0v) is 17.4. The number of benzene rings is 1. The highest BCUT2D eigenvalue weighted by molar-refractivity contribution is 5.95. The third kappa shape index (κ3) is 4.45. The minimum Gasteiger partial charge on any atom is -0.345 e. The number of aromatic amines is 1. The fourth-order valence-electron chi connectivity index (χ4n) is 3.26. The quantitative estimate of drug-likeness (QED) is 0.670. The summed E-state index contributed by atoms with van der Waals surface area (Å²) in [5.41, 5.74) is 3.18. The number of carbonyl (C=O) groups excluding carboxylic acids is 1. The van der Waals surface area contributed by atoms with Crippen molar-refractivity contribution in [1.82, 2.24) is 25.3 Å². The van der Waals surface area contributed by atoms with E-state index in [0.29, 0.717) is 23.0 Å². The van der Waals surface area contributed by atoms with E-state index in [9.17, 15) is 9.59 Å². The van der Waals surface area contributed by atoms with E-state index in [4.69, 9.17) is 0 Å². The van der Waals surface area contributed by atoms with E-state index >= 15 is 0 Å². The first-order valence-corrected chi connectivity index (χ1v) is 9.79. The Morgan fingerprint density at radius 2 is 1.69 bits per heavy atom. The number of hydrogen-bond donors (Lipinski definition) is 2. The molecule has 29 heavy (non-hydrogen) atoms. The minimum atomic E-state index is -0.292. The predicted molar refractivity (Wildman–Crippen MR) is 112 cm³/mol. The Hall–Kier alpha value is -3.22. The molecule has 0 bridgehead atoms. The van der Waals surface area contributed by atoms with Crippen LogP contribution < -0.4 is 10.9 Å². The maximum Gasteiger partial charge on any atom is 0.264 e. The number of rotatable bonds is 6. The summed E-state index contributed by atoms with van der Waals surface area (Å²) < 4.78 is 1.53. The van der Waals surface area contributed by atoms with E-state index in [-0.39, 0.29) is 23.4 Å². The molecule has 1 aromatic carbocycles. The molecule has 0 aliphatic carbocycles. The fraction of sp³-hybridized carbons (Fsp3) is 0.364. The zero-order valence-electron chi connectivity index (χ0n) is 17.4. The molecule has 0 saturated carbocycles. The molecule has 0 saturated heterocycles. The standard InChI is InChI=1S/C22H27N5O2/c1-13(2)16-6-8-17(9-7-16)21(14(3)4)24-22(29)18-12-23-27(15(18)5)19-10-11-20(28)26-25-19/h6-14,21H,1-5H3,(H,24,29)(H,26,28). The number of amides is 1. The van der Waals surface area contributed by atoms with Crippen molar-refractivity contribution >= 4 is 5.91 Å². The molecule has 2 aromatic heterocycles. The zero-order chi connectivity index (χ0) is 21.1. The van der Waals surface area contributed by atoms with E-state index < -0.39 is 0 Å². The number of hydrogen-bond acceptors (Lipinski definition) is 4. The van der Waals surface area contributed by atoms with E-state index in [1.165, 1.54) is 22.5 Å². The van der Waals surface area contributed by atoms with Gasteiger partial charge in [0.15, 0.2) is 5.82 Å². The molecular weight excluding hydrogens is 366 g/mol. The summed E-state index contributed by atoms with van der Waals surface area (Å²) in [5, 5.41) is 13.8. The molecule has 7 nitrogen and oxygen atoms in total. The van der Waals surface area contributed by atoms with Crippen LogP contribution in [-0.2, 0) is 0 Å². The van der Waals surface area contributed by atoms with E-state index in [0.717, 1.165) is 5.56 Å². The predicted octanol–water partition coefficient (Wildman–Crippen LogP) is 3.51. The molecule has 3 aromatic rings. The van der Waals surface area contributed by atoms with Crippen molar-refractivity contribution in [3.8, 4) is 5.82 Å². The Bertz CT molecular complexity index is 1030. The second-order valence-electron chi connectivity index (χ2n) is 7.85. The van der Waals surface area contributed by atoms with E-state index in [1.54, 1.807) is 13.0 Å². The summed E-state index contributed by atoms with van der Waals surface area (Å²) in [5.74, 6) is 0.946. The summed E-state index contributed by atoms with van der Waals surface area (Å²) in [4.78, 5) is 24.2. The SMILES string of the molecule is Cc1c(C(=O)NC(c2ccc(C(C)C)cc2)C(C)C)cnn1-c1ccc(=O)[nH]n1. The van der Waals surface area contributed by atoms with Crippen LogP contribution in [0.1, 0.15) is 66.8 Å². The molecule has 0 spiro atoms. The smallest absolute Gasteiger partial charge is 0.264 e. The van der Waals surface area contributed by atoms with Gasteiger partial charge in [0, 0.05) is 6.07 Å². The second-order valence-corrected chi connectivity index (χ2v) is 7.85. The summed E-state index contributed by atoms with van der Waals surface area (Å²) in [7, 11) is 0. The molecular formula is C22H27N5O2. The van der Waals surface area contributed by atoms with Gasteiger partial charge in [-0.25, -0.2) is 9.78 Å². The fourth-order valence-corrected chi connectivity index (χ4v) is 3.26. The van der Waals surface area contributed by atoms with Crippen LogP contribution in [-0.4, -0.2) is 25.9 Å². The van der Waals surface area contributed by atoms with Crippen molar-refractivity contribution in [2.24, 2.45) is 5.92 Å². The summed E-state index contributed by atoms with van der Waals surface area (Å²) in [6, 6.07) is 11.2. The van der Waals surface area contributed by atoms with Crippen molar-refractivity contribution in [2.75, 3.05) is 0 Å². The van der Waals surface area contributed by atoms with Gasteiger partial charge in [0.25, 0.3) is 11.5 Å².